The van der Waals surface area contributed by atoms with E-state index in [2.05, 4.69) is 25.2 Å². The predicted molar refractivity (Wildman–Crippen MR) is 156 cm³/mol. The second-order valence-electron chi connectivity index (χ2n) is 11.6. The first-order valence-electron chi connectivity index (χ1n) is 13.6. The normalized spacial score (nSPS) is 17.6. The molecule has 0 radical (unpaired) electrons. The second kappa shape index (κ2) is 10.1. The first-order valence-corrected chi connectivity index (χ1v) is 13.6. The van der Waals surface area contributed by atoms with E-state index in [9.17, 15) is 28.1 Å². The van der Waals surface area contributed by atoms with Crippen LogP contribution in [0.1, 0.15) is 49.4 Å². The molecule has 6 rings (SSSR count). The highest BCUT2D eigenvalue weighted by Gasteiger charge is 2.41. The zero-order chi connectivity index (χ0) is 30.7. The summed E-state index contributed by atoms with van der Waals surface area (Å²) in [5.74, 6) is -0.0532. The number of alkyl halides is 3. The van der Waals surface area contributed by atoms with Gasteiger partial charge in [-0.15, -0.1) is 0 Å². The van der Waals surface area contributed by atoms with Crippen molar-refractivity contribution in [3.8, 4) is 17.2 Å². The fraction of sp³-hybridized carbons (Fsp3) is 0.242. The number of carbonyl (C=O) groups excluding carboxylic acids is 1. The SMILES string of the molecule is COc1cc(C2Nc3ccc4ccccc4c3C3=C2C(=O)CC(C)(C)C3)ccc1Oc1ccc(C(F)(F)F)cc1[N+](=O)[O-]. The first kappa shape index (κ1) is 28.3. The van der Waals surface area contributed by atoms with Crippen LogP contribution < -0.4 is 14.8 Å². The number of fused-ring (bicyclic) bond motifs is 4. The maximum atomic E-state index is 13.7. The molecule has 10 heteroatoms. The van der Waals surface area contributed by atoms with Crippen LogP contribution >= 0.6 is 0 Å². The molecule has 1 unspecified atom stereocenters. The lowest BCUT2D eigenvalue weighted by Gasteiger charge is -2.40. The number of anilines is 1. The van der Waals surface area contributed by atoms with Gasteiger partial charge in [0.1, 0.15) is 0 Å². The minimum Gasteiger partial charge on any atom is -0.493 e. The Hall–Kier alpha value is -4.86. The van der Waals surface area contributed by atoms with Gasteiger partial charge in [-0.3, -0.25) is 14.9 Å². The molecular formula is C33H27F3N2O5. The van der Waals surface area contributed by atoms with Crippen molar-refractivity contribution in [1.82, 2.24) is 0 Å². The van der Waals surface area contributed by atoms with E-state index in [0.29, 0.717) is 30.0 Å². The fourth-order valence-corrected chi connectivity index (χ4v) is 6.08. The molecule has 0 fully saturated rings. The van der Waals surface area contributed by atoms with Crippen LogP contribution in [0.4, 0.5) is 24.5 Å². The third-order valence-electron chi connectivity index (χ3n) is 7.96. The molecule has 0 spiro atoms. The highest BCUT2D eigenvalue weighted by molar-refractivity contribution is 6.12. The zero-order valence-electron chi connectivity index (χ0n) is 23.5. The fourth-order valence-electron chi connectivity index (χ4n) is 6.08. The molecule has 0 amide bonds. The van der Waals surface area contributed by atoms with Crippen molar-refractivity contribution in [1.29, 1.82) is 0 Å². The number of nitro groups is 1. The highest BCUT2D eigenvalue weighted by atomic mass is 19.4. The van der Waals surface area contributed by atoms with Gasteiger partial charge in [0.2, 0.25) is 5.75 Å². The molecule has 4 aromatic rings. The van der Waals surface area contributed by atoms with E-state index >= 15 is 0 Å². The van der Waals surface area contributed by atoms with Crippen LogP contribution in [-0.2, 0) is 11.0 Å². The molecule has 220 valence electrons. The van der Waals surface area contributed by atoms with Gasteiger partial charge in [-0.1, -0.05) is 50.2 Å². The topological polar surface area (TPSA) is 90.7 Å². The Balaban J connectivity index is 1.43. The molecular weight excluding hydrogens is 561 g/mol. The van der Waals surface area contributed by atoms with E-state index < -0.39 is 28.4 Å². The number of ketones is 1. The molecule has 2 aliphatic rings. The zero-order valence-corrected chi connectivity index (χ0v) is 23.5. The molecule has 0 saturated heterocycles. The van der Waals surface area contributed by atoms with Crippen LogP contribution in [0.15, 0.2) is 78.4 Å². The van der Waals surface area contributed by atoms with Gasteiger partial charge in [-0.25, -0.2) is 0 Å². The maximum absolute atomic E-state index is 13.7. The number of nitrogens with one attached hydrogen (secondary N) is 1. The summed E-state index contributed by atoms with van der Waals surface area (Å²) in [6.07, 6.45) is -3.65. The molecule has 1 heterocycles. The van der Waals surface area contributed by atoms with Gasteiger partial charge in [0, 0.05) is 29.3 Å². The van der Waals surface area contributed by atoms with Crippen LogP contribution in [0, 0.1) is 15.5 Å². The van der Waals surface area contributed by atoms with Crippen LogP contribution in [0.5, 0.6) is 17.2 Å². The lowest BCUT2D eigenvalue weighted by Crippen LogP contribution is -2.33. The van der Waals surface area contributed by atoms with Gasteiger partial charge in [0.15, 0.2) is 17.3 Å². The molecule has 0 bridgehead atoms. The number of methoxy groups -OCH3 is 1. The molecule has 0 saturated carbocycles. The summed E-state index contributed by atoms with van der Waals surface area (Å²) in [5.41, 5.74) is 2.08. The van der Waals surface area contributed by atoms with Crippen molar-refractivity contribution < 1.29 is 32.4 Å². The summed E-state index contributed by atoms with van der Waals surface area (Å²) in [6, 6.07) is 18.6. The van der Waals surface area contributed by atoms with Gasteiger partial charge < -0.3 is 14.8 Å². The van der Waals surface area contributed by atoms with E-state index in [1.807, 2.05) is 30.3 Å². The maximum Gasteiger partial charge on any atom is 0.416 e. The summed E-state index contributed by atoms with van der Waals surface area (Å²) in [4.78, 5) is 24.4. The minimum absolute atomic E-state index is 0.0435. The quantitative estimate of drug-likeness (QED) is 0.185. The largest absolute Gasteiger partial charge is 0.493 e. The van der Waals surface area contributed by atoms with E-state index in [0.717, 1.165) is 39.7 Å². The van der Waals surface area contributed by atoms with Crippen LogP contribution in [-0.4, -0.2) is 17.8 Å². The summed E-state index contributed by atoms with van der Waals surface area (Å²) in [7, 11) is 1.39. The van der Waals surface area contributed by atoms with Crippen LogP contribution in [0.25, 0.3) is 16.3 Å². The van der Waals surface area contributed by atoms with Crippen molar-refractivity contribution in [3.63, 3.8) is 0 Å². The van der Waals surface area contributed by atoms with Crippen molar-refractivity contribution in [3.05, 3.63) is 105 Å². The van der Waals surface area contributed by atoms with Crippen LogP contribution in [0.3, 0.4) is 0 Å². The third-order valence-corrected chi connectivity index (χ3v) is 7.96. The number of hydrogen-bond acceptors (Lipinski definition) is 6. The van der Waals surface area contributed by atoms with Gasteiger partial charge in [0.05, 0.1) is 23.6 Å². The number of nitro benzene ring substituents is 1. The van der Waals surface area contributed by atoms with E-state index in [-0.39, 0.29) is 28.4 Å². The monoisotopic (exact) mass is 588 g/mol. The van der Waals surface area contributed by atoms with Gasteiger partial charge in [-0.2, -0.15) is 13.2 Å². The number of benzene rings is 4. The number of allylic oxidation sites excluding steroid dienone is 1. The van der Waals surface area contributed by atoms with Crippen LogP contribution in [0.2, 0.25) is 0 Å². The number of halogens is 3. The van der Waals surface area contributed by atoms with E-state index in [4.69, 9.17) is 9.47 Å². The number of Topliss-reactive ketones (excluding diaryl/α,β-unsaturated/α-hetero) is 1. The minimum atomic E-state index is -4.75. The molecule has 7 nitrogen and oxygen atoms in total. The van der Waals surface area contributed by atoms with E-state index in [1.165, 1.54) is 13.2 Å². The van der Waals surface area contributed by atoms with Gasteiger partial charge >= 0.3 is 11.9 Å². The Morgan fingerprint density at radius 1 is 0.953 bits per heavy atom. The Morgan fingerprint density at radius 3 is 2.42 bits per heavy atom. The lowest BCUT2D eigenvalue weighted by molar-refractivity contribution is -0.385. The number of carbonyl (C=O) groups is 1. The summed E-state index contributed by atoms with van der Waals surface area (Å²) in [5, 5.41) is 17.3. The number of ether oxygens (including phenoxy) is 2. The smallest absolute Gasteiger partial charge is 0.416 e. The van der Waals surface area contributed by atoms with Crippen molar-refractivity contribution in [2.24, 2.45) is 5.41 Å². The molecule has 0 aromatic heterocycles. The summed E-state index contributed by atoms with van der Waals surface area (Å²) >= 11 is 0. The average molecular weight is 589 g/mol. The van der Waals surface area contributed by atoms with Crippen molar-refractivity contribution in [2.75, 3.05) is 12.4 Å². The second-order valence-corrected chi connectivity index (χ2v) is 11.6. The Morgan fingerprint density at radius 2 is 1.70 bits per heavy atom. The van der Waals surface area contributed by atoms with Crippen molar-refractivity contribution >= 4 is 33.5 Å². The van der Waals surface area contributed by atoms with Gasteiger partial charge in [-0.05, 0) is 64.1 Å². The molecule has 43 heavy (non-hydrogen) atoms. The Kier molecular flexibility index (Phi) is 6.67. The average Bonchev–Trinajstić information content (AvgIpc) is 2.95. The standard InChI is InChI=1S/C33H27F3N2O5/c1-32(2)16-22-29-21-7-5-4-6-18(21)8-11-23(29)37-31(30(22)25(39)17-32)19-9-12-27(28(14-19)42-3)43-26-13-10-20(33(34,35)36)15-24(26)38(40)41/h4-15,31,37H,16-17H2,1-3H3. The number of hydrogen-bond donors (Lipinski definition) is 1. The lowest BCUT2D eigenvalue weighted by atomic mass is 9.68. The number of rotatable bonds is 5. The Bertz CT molecular complexity index is 1840. The highest BCUT2D eigenvalue weighted by Crippen LogP contribution is 2.52. The molecule has 4 aromatic carbocycles. The van der Waals surface area contributed by atoms with E-state index in [1.54, 1.807) is 12.1 Å². The first-order chi connectivity index (χ1) is 20.4. The summed E-state index contributed by atoms with van der Waals surface area (Å²) < 4.78 is 50.8. The van der Waals surface area contributed by atoms with Crippen molar-refractivity contribution in [2.45, 2.75) is 38.9 Å². The third kappa shape index (κ3) is 5.07. The Labute approximate surface area is 245 Å². The van der Waals surface area contributed by atoms with Gasteiger partial charge in [0.25, 0.3) is 0 Å². The number of nitrogens with zero attached hydrogens (tertiary/aromatic N) is 1. The molecule has 1 aliphatic heterocycles. The summed E-state index contributed by atoms with van der Waals surface area (Å²) in [6.45, 7) is 4.18. The molecule has 1 atom stereocenters. The predicted octanol–water partition coefficient (Wildman–Crippen LogP) is 8.88. The molecule has 1 aliphatic carbocycles. The molecule has 1 N–H and O–H groups in total.